The predicted octanol–water partition coefficient (Wildman–Crippen LogP) is 1.01. The second kappa shape index (κ2) is 6.12. The van der Waals surface area contributed by atoms with Gasteiger partial charge in [0.2, 0.25) is 11.8 Å². The molecule has 0 radical (unpaired) electrons. The molecule has 8 nitrogen and oxygen atoms in total. The minimum absolute atomic E-state index is 0.133. The molecular formula is C18H20N2O6. The van der Waals surface area contributed by atoms with E-state index >= 15 is 0 Å². The minimum Gasteiger partial charge on any atom is -0.497 e. The molecule has 2 unspecified atom stereocenters. The van der Waals surface area contributed by atoms with Gasteiger partial charge in [-0.1, -0.05) is 12.1 Å². The zero-order chi connectivity index (χ0) is 19.2. The summed E-state index contributed by atoms with van der Waals surface area (Å²) in [5.41, 5.74) is -1.00. The first-order chi connectivity index (χ1) is 12.3. The van der Waals surface area contributed by atoms with E-state index in [1.165, 1.54) is 21.2 Å². The van der Waals surface area contributed by atoms with Crippen molar-refractivity contribution in [1.29, 1.82) is 0 Å². The van der Waals surface area contributed by atoms with E-state index in [0.717, 1.165) is 9.80 Å². The fourth-order valence-electron chi connectivity index (χ4n) is 3.79. The Morgan fingerprint density at radius 2 is 1.62 bits per heavy atom. The van der Waals surface area contributed by atoms with Crippen LogP contribution in [0.4, 0.5) is 4.79 Å². The van der Waals surface area contributed by atoms with E-state index in [1.54, 1.807) is 31.2 Å². The molecule has 1 aromatic rings. The molecule has 0 bridgehead atoms. The number of amides is 4. The minimum atomic E-state index is -1.64. The highest BCUT2D eigenvalue weighted by molar-refractivity contribution is 6.24. The Morgan fingerprint density at radius 1 is 1.08 bits per heavy atom. The van der Waals surface area contributed by atoms with E-state index in [0.29, 0.717) is 11.3 Å². The summed E-state index contributed by atoms with van der Waals surface area (Å²) >= 11 is 0. The van der Waals surface area contributed by atoms with E-state index < -0.39 is 41.1 Å². The highest BCUT2D eigenvalue weighted by Gasteiger charge is 2.81. The summed E-state index contributed by atoms with van der Waals surface area (Å²) in [5, 5.41) is 0. The van der Waals surface area contributed by atoms with E-state index in [-0.39, 0.29) is 6.61 Å². The van der Waals surface area contributed by atoms with Crippen LogP contribution in [0.2, 0.25) is 0 Å². The molecule has 4 amide bonds. The van der Waals surface area contributed by atoms with Crippen molar-refractivity contribution in [3.05, 3.63) is 29.8 Å². The van der Waals surface area contributed by atoms with Gasteiger partial charge in [0.15, 0.2) is 5.41 Å². The second-order valence-electron chi connectivity index (χ2n) is 6.36. The molecule has 8 heteroatoms. The highest BCUT2D eigenvalue weighted by atomic mass is 16.5. The Labute approximate surface area is 150 Å². The Bertz CT molecular complexity index is 763. The highest BCUT2D eigenvalue weighted by Crippen LogP contribution is 2.68. The van der Waals surface area contributed by atoms with Crippen molar-refractivity contribution in [2.24, 2.45) is 11.3 Å². The van der Waals surface area contributed by atoms with Gasteiger partial charge in [0, 0.05) is 20.0 Å². The molecule has 138 valence electrons. The van der Waals surface area contributed by atoms with Crippen LogP contribution in [0.15, 0.2) is 24.3 Å². The van der Waals surface area contributed by atoms with Crippen LogP contribution >= 0.6 is 0 Å². The van der Waals surface area contributed by atoms with Crippen molar-refractivity contribution < 1.29 is 28.7 Å². The van der Waals surface area contributed by atoms with Crippen LogP contribution in [0.25, 0.3) is 0 Å². The molecule has 26 heavy (non-hydrogen) atoms. The normalized spacial score (nSPS) is 24.1. The van der Waals surface area contributed by atoms with E-state index in [1.807, 2.05) is 0 Å². The van der Waals surface area contributed by atoms with Crippen molar-refractivity contribution >= 4 is 23.8 Å². The number of hydrogen-bond acceptors (Lipinski definition) is 6. The number of nitrogens with zero attached hydrogens (tertiary/aromatic N) is 2. The average Bonchev–Trinajstić information content (AvgIpc) is 3.35. The van der Waals surface area contributed by atoms with E-state index in [9.17, 15) is 19.2 Å². The molecule has 2 atom stereocenters. The lowest BCUT2D eigenvalue weighted by Crippen LogP contribution is -2.59. The number of urea groups is 1. The Balaban J connectivity index is 2.09. The molecule has 1 spiro atoms. The summed E-state index contributed by atoms with van der Waals surface area (Å²) in [4.78, 5) is 52.2. The van der Waals surface area contributed by atoms with E-state index in [2.05, 4.69) is 0 Å². The summed E-state index contributed by atoms with van der Waals surface area (Å²) in [6, 6.07) is 6.09. The van der Waals surface area contributed by atoms with Gasteiger partial charge in [-0.25, -0.2) is 4.79 Å². The van der Waals surface area contributed by atoms with Gasteiger partial charge >= 0.3 is 12.0 Å². The van der Waals surface area contributed by atoms with Crippen LogP contribution in [0, 0.1) is 11.3 Å². The Kier molecular flexibility index (Phi) is 4.21. The van der Waals surface area contributed by atoms with Crippen LogP contribution in [-0.4, -0.2) is 61.4 Å². The monoisotopic (exact) mass is 360 g/mol. The third kappa shape index (κ3) is 2.21. The van der Waals surface area contributed by atoms with Crippen LogP contribution in [0.3, 0.4) is 0 Å². The standard InChI is InChI=1S/C18H20N2O6/c1-5-26-14(21)13-12(10-6-8-11(25-4)9-7-10)18(13)15(22)19(2)17(24)20(3)16(18)23/h6-9,12-13H,5H2,1-4H3. The fourth-order valence-corrected chi connectivity index (χ4v) is 3.79. The maximum absolute atomic E-state index is 12.9. The largest absolute Gasteiger partial charge is 0.497 e. The topological polar surface area (TPSA) is 93.2 Å². The Hall–Kier alpha value is -2.90. The van der Waals surface area contributed by atoms with Crippen molar-refractivity contribution in [1.82, 2.24) is 9.80 Å². The maximum atomic E-state index is 12.9. The summed E-state index contributed by atoms with van der Waals surface area (Å²) in [6.07, 6.45) is 0. The van der Waals surface area contributed by atoms with Crippen molar-refractivity contribution in [2.75, 3.05) is 27.8 Å². The van der Waals surface area contributed by atoms with Gasteiger partial charge in [0.05, 0.1) is 19.6 Å². The van der Waals surface area contributed by atoms with Crippen LogP contribution < -0.4 is 4.74 Å². The molecule has 0 aromatic heterocycles. The molecule has 0 N–H and O–H groups in total. The average molecular weight is 360 g/mol. The number of hydrogen-bond donors (Lipinski definition) is 0. The van der Waals surface area contributed by atoms with Crippen LogP contribution in [-0.2, 0) is 19.1 Å². The lowest BCUT2D eigenvalue weighted by atomic mass is 9.93. The maximum Gasteiger partial charge on any atom is 0.332 e. The lowest BCUT2D eigenvalue weighted by molar-refractivity contribution is -0.156. The van der Waals surface area contributed by atoms with Crippen molar-refractivity contribution in [2.45, 2.75) is 12.8 Å². The van der Waals surface area contributed by atoms with Gasteiger partial charge in [-0.15, -0.1) is 0 Å². The van der Waals surface area contributed by atoms with Crippen LogP contribution in [0.5, 0.6) is 5.75 Å². The molecule has 1 saturated carbocycles. The zero-order valence-corrected chi connectivity index (χ0v) is 15.0. The van der Waals surface area contributed by atoms with Gasteiger partial charge in [-0.3, -0.25) is 24.2 Å². The number of carbonyl (C=O) groups is 4. The number of benzene rings is 1. The molecule has 1 aromatic carbocycles. The fraction of sp³-hybridized carbons (Fsp3) is 0.444. The van der Waals surface area contributed by atoms with Crippen LogP contribution in [0.1, 0.15) is 18.4 Å². The first kappa shape index (κ1) is 17.9. The molecule has 2 aliphatic rings. The molecular weight excluding hydrogens is 340 g/mol. The number of rotatable bonds is 4. The number of barbiturate groups is 1. The molecule has 3 rings (SSSR count). The molecule has 2 fully saturated rings. The van der Waals surface area contributed by atoms with Crippen molar-refractivity contribution in [3.8, 4) is 5.75 Å². The predicted molar refractivity (Wildman–Crippen MR) is 89.2 cm³/mol. The van der Waals surface area contributed by atoms with Crippen molar-refractivity contribution in [3.63, 3.8) is 0 Å². The molecule has 1 saturated heterocycles. The van der Waals surface area contributed by atoms with Gasteiger partial charge in [-0.05, 0) is 24.6 Å². The quantitative estimate of drug-likeness (QED) is 0.588. The lowest BCUT2D eigenvalue weighted by Gasteiger charge is -2.34. The SMILES string of the molecule is CCOC(=O)C1C(c2ccc(OC)cc2)C12C(=O)N(C)C(=O)N(C)C2=O. The van der Waals surface area contributed by atoms with Gasteiger partial charge in [0.1, 0.15) is 5.75 Å². The molecule has 1 aliphatic carbocycles. The first-order valence-electron chi connectivity index (χ1n) is 8.23. The summed E-state index contributed by atoms with van der Waals surface area (Å²) in [6.45, 7) is 1.79. The number of ether oxygens (including phenoxy) is 2. The summed E-state index contributed by atoms with van der Waals surface area (Å²) in [7, 11) is 4.14. The zero-order valence-electron chi connectivity index (χ0n) is 15.0. The third-order valence-electron chi connectivity index (χ3n) is 5.11. The molecule has 1 heterocycles. The van der Waals surface area contributed by atoms with Gasteiger partial charge < -0.3 is 9.47 Å². The van der Waals surface area contributed by atoms with Gasteiger partial charge in [0.25, 0.3) is 0 Å². The first-order valence-corrected chi connectivity index (χ1v) is 8.23. The summed E-state index contributed by atoms with van der Waals surface area (Å²) < 4.78 is 10.2. The number of carbonyl (C=O) groups excluding carboxylic acids is 4. The number of methoxy groups -OCH3 is 1. The Morgan fingerprint density at radius 3 is 2.08 bits per heavy atom. The smallest absolute Gasteiger partial charge is 0.332 e. The third-order valence-corrected chi connectivity index (χ3v) is 5.11. The second-order valence-corrected chi connectivity index (χ2v) is 6.36. The van der Waals surface area contributed by atoms with E-state index in [4.69, 9.17) is 9.47 Å². The molecule has 1 aliphatic heterocycles. The number of esters is 1. The number of imide groups is 2. The van der Waals surface area contributed by atoms with Gasteiger partial charge in [-0.2, -0.15) is 0 Å². The summed E-state index contributed by atoms with van der Waals surface area (Å²) in [5.74, 6) is -3.01.